The van der Waals surface area contributed by atoms with Gasteiger partial charge in [0.2, 0.25) is 0 Å². The molecule has 0 spiro atoms. The Hall–Kier alpha value is -7.96. The molecule has 0 fully saturated rings. The largest absolute Gasteiger partial charge is 0.496 e. The molecule has 30 rings (SSSR count). The lowest BCUT2D eigenvalue weighted by atomic mass is 9.94. The number of benzene rings is 10. The molecular weight excluding hydrogens is 2230 g/mol. The number of hydrogen-bond acceptors (Lipinski definition) is 20. The molecule has 28 heteroatoms. The zero-order chi connectivity index (χ0) is 97.8. The lowest BCUT2D eigenvalue weighted by molar-refractivity contribution is 0.389. The Morgan fingerprint density at radius 1 is 0.119 bits per heavy atom. The van der Waals surface area contributed by atoms with E-state index in [1.54, 1.807) is 142 Å². The van der Waals surface area contributed by atoms with Crippen molar-refractivity contribution in [2.24, 2.45) is 0 Å². The molecule has 0 N–H and O–H groups in total. The van der Waals surface area contributed by atoms with Crippen LogP contribution in [-0.4, -0.2) is 185 Å². The third-order valence-electron chi connectivity index (χ3n) is 22.7. The van der Waals surface area contributed by atoms with Crippen molar-refractivity contribution in [3.8, 4) is 115 Å². The Kier molecular flexibility index (Phi) is 51.2. The van der Waals surface area contributed by atoms with Gasteiger partial charge in [-0.05, 0) is 173 Å². The first kappa shape index (κ1) is 113. The fourth-order valence-corrected chi connectivity index (χ4v) is 19.0. The molecule has 0 saturated heterocycles. The van der Waals surface area contributed by atoms with Gasteiger partial charge in [0.15, 0.2) is 0 Å². The Morgan fingerprint density at radius 3 is 0.209 bits per heavy atom. The lowest BCUT2D eigenvalue weighted by Gasteiger charge is -2.20. The van der Waals surface area contributed by atoms with E-state index in [9.17, 15) is 0 Å². The SMILES string of the molecule is BrCCCCBr.BrCCCCBr.BrCCCCBr.BrCCCCBr.COc1cc2c(OC)cc1Cc1cc(OC)c(cc1OC)Cc1cc(OC)c(cc1OC)Cc1cc(OC)c(cc1OC)Cc1cc(OC)c(cc1OC)C2.COc1cc2c(OC)cc1Cc1cc(OC)c(cc1OC)Cc1cc(OC)c(cc1OC)Cc1cc(OC)c(cc1OC)Cc1cc(OC)c(cc1OC)C2. The van der Waals surface area contributed by atoms with Gasteiger partial charge in [-0.15, -0.1) is 0 Å². The average Bonchev–Trinajstić information content (AvgIpc) is 1.06. The van der Waals surface area contributed by atoms with E-state index in [1.165, 1.54) is 51.4 Å². The molecule has 10 aromatic rings. The van der Waals surface area contributed by atoms with E-state index >= 15 is 0 Å². The summed E-state index contributed by atoms with van der Waals surface area (Å²) in [5, 5.41) is 9.10. The molecule has 134 heavy (non-hydrogen) atoms. The average molecular weight is 2370 g/mol. The predicted molar refractivity (Wildman–Crippen MR) is 571 cm³/mol. The summed E-state index contributed by atoms with van der Waals surface area (Å²) in [6, 6.07) is 40.5. The van der Waals surface area contributed by atoms with Gasteiger partial charge in [-0.2, -0.15) is 0 Å². The van der Waals surface area contributed by atoms with Gasteiger partial charge in [-0.3, -0.25) is 0 Å². The van der Waals surface area contributed by atoms with Crippen LogP contribution in [0.1, 0.15) is 163 Å². The highest BCUT2D eigenvalue weighted by Crippen LogP contribution is 2.47. The third-order valence-corrected chi connectivity index (χ3v) is 27.2. The highest BCUT2D eigenvalue weighted by atomic mass is 79.9. The van der Waals surface area contributed by atoms with Gasteiger partial charge in [0.1, 0.15) is 115 Å². The lowest BCUT2D eigenvalue weighted by Crippen LogP contribution is -2.04. The maximum atomic E-state index is 5.99. The van der Waals surface area contributed by atoms with Crippen molar-refractivity contribution in [1.29, 1.82) is 0 Å². The van der Waals surface area contributed by atoms with Crippen molar-refractivity contribution < 1.29 is 94.7 Å². The van der Waals surface area contributed by atoms with Crippen molar-refractivity contribution >= 4 is 127 Å². The smallest absolute Gasteiger partial charge is 0.122 e. The Labute approximate surface area is 862 Å². The summed E-state index contributed by atoms with van der Waals surface area (Å²) in [7, 11) is 33.5. The van der Waals surface area contributed by atoms with Crippen LogP contribution in [-0.2, 0) is 64.2 Å². The van der Waals surface area contributed by atoms with Gasteiger partial charge < -0.3 is 94.7 Å². The number of ether oxygens (including phenoxy) is 20. The summed E-state index contributed by atoms with van der Waals surface area (Å²) in [4.78, 5) is 0. The first-order valence-corrected chi connectivity index (χ1v) is 53.0. The fraction of sp³-hybridized carbons (Fsp3) is 0.434. The monoisotopic (exact) mass is 2360 g/mol. The normalized spacial score (nSPS) is 11.6. The van der Waals surface area contributed by atoms with Crippen LogP contribution in [0, 0.1) is 0 Å². The summed E-state index contributed by atoms with van der Waals surface area (Å²) in [6.45, 7) is 0. The van der Waals surface area contributed by atoms with Crippen molar-refractivity contribution in [3.63, 3.8) is 0 Å². The van der Waals surface area contributed by atoms with Crippen LogP contribution in [0.15, 0.2) is 121 Å². The van der Waals surface area contributed by atoms with Crippen LogP contribution < -0.4 is 94.7 Å². The molecular formula is C106H132Br8O20. The maximum absolute atomic E-state index is 5.99. The molecule has 20 aliphatic rings. The Balaban J connectivity index is 0.000000293. The Bertz CT molecular complexity index is 3950. The second kappa shape index (κ2) is 60.7. The number of methoxy groups -OCH3 is 20. The summed E-state index contributed by atoms with van der Waals surface area (Å²) in [6.07, 6.45) is 15.3. The standard InChI is InChI=1S/2C45H50O10.4C4H8Br2/c2*1-46-36-16-27-12-29-19-41(51-6)31(21-40(29)50-5)14-33-23-45(55-10)35(25-44(33)54-9)15-34-24-42(52-7)32(22-43(34)53-8)13-30-20-38(48-3)28(18-39(30)49-4)11-26(36)17-37(27)47-2;4*5-3-1-2-4-6/h2*16-25H,11-15H2,1-10H3;4*1-4H2. The highest BCUT2D eigenvalue weighted by molar-refractivity contribution is 9.10. The van der Waals surface area contributed by atoms with Gasteiger partial charge in [-0.25, -0.2) is 0 Å². The van der Waals surface area contributed by atoms with E-state index in [-0.39, 0.29) is 0 Å². The van der Waals surface area contributed by atoms with Crippen molar-refractivity contribution in [2.45, 2.75) is 116 Å². The van der Waals surface area contributed by atoms with Gasteiger partial charge in [0.25, 0.3) is 0 Å². The topological polar surface area (TPSA) is 185 Å². The molecule has 732 valence electrons. The summed E-state index contributed by atoms with van der Waals surface area (Å²) in [5.74, 6) is 14.4. The second-order valence-corrected chi connectivity index (χ2v) is 37.2. The minimum Gasteiger partial charge on any atom is -0.496 e. The van der Waals surface area contributed by atoms with Gasteiger partial charge >= 0.3 is 0 Å². The number of halogens is 8. The minimum atomic E-state index is 0.504. The van der Waals surface area contributed by atoms with Gasteiger partial charge in [-0.1, -0.05) is 127 Å². The van der Waals surface area contributed by atoms with E-state index in [4.69, 9.17) is 94.7 Å². The van der Waals surface area contributed by atoms with E-state index in [2.05, 4.69) is 127 Å². The van der Waals surface area contributed by atoms with Crippen LogP contribution in [0.5, 0.6) is 115 Å². The van der Waals surface area contributed by atoms with Crippen LogP contribution in [0.25, 0.3) is 0 Å². The molecule has 0 heterocycles. The molecule has 0 unspecified atom stereocenters. The third kappa shape index (κ3) is 31.5. The summed E-state index contributed by atoms with van der Waals surface area (Å²) >= 11 is 26.6. The summed E-state index contributed by atoms with van der Waals surface area (Å²) in [5.41, 5.74) is 18.6. The van der Waals surface area contributed by atoms with Crippen LogP contribution in [0.3, 0.4) is 0 Å². The second-order valence-electron chi connectivity index (χ2n) is 30.9. The Morgan fingerprint density at radius 2 is 0.172 bits per heavy atom. The van der Waals surface area contributed by atoms with E-state index < -0.39 is 0 Å². The van der Waals surface area contributed by atoms with Gasteiger partial charge in [0.05, 0.1) is 142 Å². The number of rotatable bonds is 32. The quantitative estimate of drug-likeness (QED) is 0.0286. The van der Waals surface area contributed by atoms with Crippen LogP contribution >= 0.6 is 127 Å². The van der Waals surface area contributed by atoms with Crippen LogP contribution in [0.2, 0.25) is 0 Å². The molecule has 0 aliphatic heterocycles. The molecule has 0 saturated carbocycles. The van der Waals surface area contributed by atoms with Crippen LogP contribution in [0.4, 0.5) is 0 Å². The van der Waals surface area contributed by atoms with E-state index in [1.807, 2.05) is 121 Å². The van der Waals surface area contributed by atoms with E-state index in [0.717, 1.165) is 269 Å². The summed E-state index contributed by atoms with van der Waals surface area (Å²) < 4.78 is 120. The first-order valence-electron chi connectivity index (χ1n) is 44.0. The van der Waals surface area contributed by atoms with Gasteiger partial charge in [0, 0.05) is 218 Å². The molecule has 0 atom stereocenters. The van der Waals surface area contributed by atoms with Crippen molar-refractivity contribution in [3.05, 3.63) is 233 Å². The molecule has 0 radical (unpaired) electrons. The minimum absolute atomic E-state index is 0.504. The predicted octanol–water partition coefficient (Wildman–Crippen LogP) is 26.3. The van der Waals surface area contributed by atoms with E-state index in [0.29, 0.717) is 64.2 Å². The number of unbranched alkanes of at least 4 members (excludes halogenated alkanes) is 4. The highest BCUT2D eigenvalue weighted by Gasteiger charge is 2.28. The molecule has 0 amide bonds. The fourth-order valence-electron chi connectivity index (χ4n) is 15.8. The molecule has 0 aromatic heterocycles. The first-order chi connectivity index (χ1) is 65.1. The molecule has 20 bridgehead atoms. The van der Waals surface area contributed by atoms with Crippen molar-refractivity contribution in [1.82, 2.24) is 0 Å². The molecule has 20 aliphatic carbocycles. The zero-order valence-corrected chi connectivity index (χ0v) is 93.8. The molecule has 10 aromatic carbocycles. The van der Waals surface area contributed by atoms with Crippen molar-refractivity contribution in [2.75, 3.05) is 185 Å². The maximum Gasteiger partial charge on any atom is 0.122 e. The number of alkyl halides is 8. The number of hydrogen-bond donors (Lipinski definition) is 0. The zero-order valence-electron chi connectivity index (χ0n) is 81.1. The molecule has 20 nitrogen and oxygen atoms in total.